The average molecular weight is 442 g/mol. The van der Waals surface area contributed by atoms with E-state index in [2.05, 4.69) is 15.3 Å². The van der Waals surface area contributed by atoms with Crippen molar-refractivity contribution >= 4 is 27.1 Å². The van der Waals surface area contributed by atoms with Gasteiger partial charge in [-0.1, -0.05) is 36.8 Å². The van der Waals surface area contributed by atoms with Gasteiger partial charge < -0.3 is 9.88 Å². The first kappa shape index (κ1) is 21.5. The average Bonchev–Trinajstić information content (AvgIpc) is 3.16. The fourth-order valence-corrected chi connectivity index (χ4v) is 5.34. The zero-order valence-electron chi connectivity index (χ0n) is 17.6. The van der Waals surface area contributed by atoms with Crippen molar-refractivity contribution in [2.45, 2.75) is 38.3 Å². The number of piperidine rings is 1. The van der Waals surface area contributed by atoms with E-state index in [0.29, 0.717) is 37.1 Å². The second-order valence-electron chi connectivity index (χ2n) is 7.99. The lowest BCUT2D eigenvalue weighted by atomic mass is 10.0. The van der Waals surface area contributed by atoms with E-state index in [1.807, 2.05) is 34.9 Å². The molecule has 1 aromatic carbocycles. The summed E-state index contributed by atoms with van der Waals surface area (Å²) < 4.78 is 27.5. The van der Waals surface area contributed by atoms with Gasteiger partial charge >= 0.3 is 0 Å². The molecule has 0 spiro atoms. The number of fused-ring (bicyclic) bond motifs is 1. The van der Waals surface area contributed by atoms with Gasteiger partial charge in [0.25, 0.3) is 5.91 Å². The maximum atomic E-state index is 12.6. The minimum absolute atomic E-state index is 0.0571. The van der Waals surface area contributed by atoms with Crippen LogP contribution in [0.3, 0.4) is 0 Å². The molecule has 1 atom stereocenters. The number of nitrogens with zero attached hydrogens (tertiary/aromatic N) is 4. The predicted molar refractivity (Wildman–Crippen MR) is 119 cm³/mol. The molecule has 4 rings (SSSR count). The van der Waals surface area contributed by atoms with Crippen LogP contribution in [0.2, 0.25) is 0 Å². The van der Waals surface area contributed by atoms with E-state index in [4.69, 9.17) is 0 Å². The number of hydrogen-bond donors (Lipinski definition) is 1. The van der Waals surface area contributed by atoms with Gasteiger partial charge in [-0.2, -0.15) is 4.31 Å². The van der Waals surface area contributed by atoms with Gasteiger partial charge in [0.1, 0.15) is 5.52 Å². The number of amides is 1. The van der Waals surface area contributed by atoms with Gasteiger partial charge in [-0.3, -0.25) is 4.79 Å². The van der Waals surface area contributed by atoms with E-state index in [9.17, 15) is 13.2 Å². The van der Waals surface area contributed by atoms with Crippen LogP contribution in [-0.4, -0.2) is 58.6 Å². The summed E-state index contributed by atoms with van der Waals surface area (Å²) in [6.07, 6.45) is 7.87. The summed E-state index contributed by atoms with van der Waals surface area (Å²) in [6.45, 7) is 1.63. The molecule has 0 bridgehead atoms. The number of pyridine rings is 1. The van der Waals surface area contributed by atoms with Gasteiger partial charge in [0.05, 0.1) is 24.7 Å². The van der Waals surface area contributed by atoms with Crippen molar-refractivity contribution in [2.24, 2.45) is 0 Å². The van der Waals surface area contributed by atoms with Gasteiger partial charge in [-0.15, -0.1) is 0 Å². The number of imidazole rings is 1. The quantitative estimate of drug-likeness (QED) is 0.607. The molecule has 9 heteroatoms. The van der Waals surface area contributed by atoms with E-state index >= 15 is 0 Å². The second-order valence-corrected chi connectivity index (χ2v) is 9.93. The molecule has 3 heterocycles. The van der Waals surface area contributed by atoms with Gasteiger partial charge in [0, 0.05) is 25.3 Å². The maximum Gasteiger partial charge on any atom is 0.252 e. The number of aromatic nitrogens is 3. The van der Waals surface area contributed by atoms with Gasteiger partial charge in [0.2, 0.25) is 10.0 Å². The molecular formula is C22H27N5O3S. The van der Waals surface area contributed by atoms with Crippen LogP contribution in [0.15, 0.2) is 48.9 Å². The molecule has 0 radical (unpaired) electrons. The molecule has 3 aromatic rings. The van der Waals surface area contributed by atoms with E-state index in [1.165, 1.54) is 6.26 Å². The molecule has 31 heavy (non-hydrogen) atoms. The summed E-state index contributed by atoms with van der Waals surface area (Å²) in [4.78, 5) is 21.4. The molecule has 164 valence electrons. The third-order valence-corrected chi connectivity index (χ3v) is 7.01. The molecule has 0 saturated carbocycles. The number of rotatable bonds is 7. The van der Waals surface area contributed by atoms with Crippen LogP contribution in [0.25, 0.3) is 11.2 Å². The van der Waals surface area contributed by atoms with E-state index in [-0.39, 0.29) is 11.9 Å². The smallest absolute Gasteiger partial charge is 0.252 e. The Morgan fingerprint density at radius 1 is 1.19 bits per heavy atom. The number of benzene rings is 1. The van der Waals surface area contributed by atoms with Crippen LogP contribution in [0.4, 0.5) is 0 Å². The van der Waals surface area contributed by atoms with Crippen molar-refractivity contribution in [3.63, 3.8) is 0 Å². The molecule has 1 amide bonds. The molecule has 1 unspecified atom stereocenters. The van der Waals surface area contributed by atoms with Gasteiger partial charge in [0.15, 0.2) is 5.65 Å². The second kappa shape index (κ2) is 9.15. The van der Waals surface area contributed by atoms with Crippen molar-refractivity contribution < 1.29 is 13.2 Å². The normalized spacial score (nSPS) is 17.6. The first-order valence-electron chi connectivity index (χ1n) is 10.5. The van der Waals surface area contributed by atoms with Crippen LogP contribution < -0.4 is 5.32 Å². The Morgan fingerprint density at radius 2 is 2.00 bits per heavy atom. The van der Waals surface area contributed by atoms with E-state index < -0.39 is 10.0 Å². The highest BCUT2D eigenvalue weighted by Gasteiger charge is 2.28. The molecule has 0 aliphatic carbocycles. The molecule has 1 aliphatic heterocycles. The Bertz CT molecular complexity index is 1160. The SMILES string of the molecule is CS(=O)(=O)N1CCCCC1CCNC(=O)c1cnc2c(c1)ncn2Cc1ccccc1. The summed E-state index contributed by atoms with van der Waals surface area (Å²) in [5.41, 5.74) is 2.99. The third kappa shape index (κ3) is 5.11. The van der Waals surface area contributed by atoms with Crippen LogP contribution >= 0.6 is 0 Å². The van der Waals surface area contributed by atoms with Crippen molar-refractivity contribution in [1.29, 1.82) is 0 Å². The predicted octanol–water partition coefficient (Wildman–Crippen LogP) is 2.41. The van der Waals surface area contributed by atoms with Crippen molar-refractivity contribution in [2.75, 3.05) is 19.3 Å². The Balaban J connectivity index is 1.38. The van der Waals surface area contributed by atoms with E-state index in [1.54, 1.807) is 22.9 Å². The van der Waals surface area contributed by atoms with Crippen LogP contribution in [-0.2, 0) is 16.6 Å². The summed E-state index contributed by atoms with van der Waals surface area (Å²) >= 11 is 0. The molecular weight excluding hydrogens is 414 g/mol. The standard InChI is InChI=1S/C22H27N5O3S/c1-31(29,30)27-12-6-5-9-19(27)10-11-23-22(28)18-13-20-21(24-14-18)26(16-25-20)15-17-7-3-2-4-8-17/h2-4,7-8,13-14,16,19H,5-6,9-12,15H2,1H3,(H,23,28). The largest absolute Gasteiger partial charge is 0.352 e. The highest BCUT2D eigenvalue weighted by atomic mass is 32.2. The zero-order chi connectivity index (χ0) is 21.8. The molecule has 8 nitrogen and oxygen atoms in total. The lowest BCUT2D eigenvalue weighted by Gasteiger charge is -2.33. The number of sulfonamides is 1. The number of hydrogen-bond acceptors (Lipinski definition) is 5. The Hall–Kier alpha value is -2.78. The zero-order valence-corrected chi connectivity index (χ0v) is 18.4. The Kier molecular flexibility index (Phi) is 6.33. The Labute approximate surface area is 182 Å². The van der Waals surface area contributed by atoms with Crippen LogP contribution in [0.1, 0.15) is 41.6 Å². The maximum absolute atomic E-state index is 12.6. The highest BCUT2D eigenvalue weighted by Crippen LogP contribution is 2.22. The minimum atomic E-state index is -3.22. The summed E-state index contributed by atoms with van der Waals surface area (Å²) in [7, 11) is -3.22. The number of nitrogens with one attached hydrogen (secondary N) is 1. The fraction of sp³-hybridized carbons (Fsp3) is 0.409. The summed E-state index contributed by atoms with van der Waals surface area (Å²) in [5, 5.41) is 2.89. The molecule has 2 aromatic heterocycles. The molecule has 1 aliphatic rings. The van der Waals surface area contributed by atoms with Crippen LogP contribution in [0, 0.1) is 0 Å². The lowest BCUT2D eigenvalue weighted by molar-refractivity contribution is 0.0949. The van der Waals surface area contributed by atoms with Crippen molar-refractivity contribution in [3.05, 3.63) is 60.0 Å². The van der Waals surface area contributed by atoms with E-state index in [0.717, 1.165) is 30.5 Å². The topological polar surface area (TPSA) is 97.2 Å². The molecule has 1 saturated heterocycles. The molecule has 1 N–H and O–H groups in total. The van der Waals surface area contributed by atoms with Crippen molar-refractivity contribution in [1.82, 2.24) is 24.2 Å². The minimum Gasteiger partial charge on any atom is -0.352 e. The monoisotopic (exact) mass is 441 g/mol. The number of carbonyl (C=O) groups excluding carboxylic acids is 1. The summed E-state index contributed by atoms with van der Waals surface area (Å²) in [6, 6.07) is 11.7. The number of carbonyl (C=O) groups is 1. The first-order chi connectivity index (χ1) is 14.9. The molecule has 1 fully saturated rings. The van der Waals surface area contributed by atoms with Gasteiger partial charge in [-0.25, -0.2) is 18.4 Å². The summed E-state index contributed by atoms with van der Waals surface area (Å²) in [5.74, 6) is -0.228. The third-order valence-electron chi connectivity index (χ3n) is 5.68. The highest BCUT2D eigenvalue weighted by molar-refractivity contribution is 7.88. The van der Waals surface area contributed by atoms with Crippen LogP contribution in [0.5, 0.6) is 0 Å². The van der Waals surface area contributed by atoms with Crippen molar-refractivity contribution in [3.8, 4) is 0 Å². The fourth-order valence-electron chi connectivity index (χ4n) is 4.12. The first-order valence-corrected chi connectivity index (χ1v) is 12.4. The lowest BCUT2D eigenvalue weighted by Crippen LogP contribution is -2.44. The van der Waals surface area contributed by atoms with Gasteiger partial charge in [-0.05, 0) is 30.9 Å². The Morgan fingerprint density at radius 3 is 2.77 bits per heavy atom.